The van der Waals surface area contributed by atoms with Crippen LogP contribution >= 0.6 is 0 Å². The van der Waals surface area contributed by atoms with E-state index in [1.54, 1.807) is 25.1 Å². The number of nitrogens with one attached hydrogen (secondary N) is 1. The summed E-state index contributed by atoms with van der Waals surface area (Å²) >= 11 is 0. The molecule has 0 saturated carbocycles. The second-order valence-electron chi connectivity index (χ2n) is 4.71. The molecular weight excluding hydrogens is 252 g/mol. The van der Waals surface area contributed by atoms with Gasteiger partial charge in [0.05, 0.1) is 24.2 Å². The third-order valence-corrected chi connectivity index (χ3v) is 3.37. The fraction of sp³-hybridized carbons (Fsp3) is 0.417. The zero-order valence-electron chi connectivity index (χ0n) is 10.3. The zero-order valence-corrected chi connectivity index (χ0v) is 10.3. The van der Waals surface area contributed by atoms with Crippen LogP contribution in [-0.4, -0.2) is 35.3 Å². The van der Waals surface area contributed by atoms with Gasteiger partial charge in [0.25, 0.3) is 5.69 Å². The van der Waals surface area contributed by atoms with Crippen molar-refractivity contribution >= 4 is 17.3 Å². The first-order chi connectivity index (χ1) is 8.95. The Kier molecular flexibility index (Phi) is 3.39. The number of carboxylic acids is 1. The number of hydrogen-bond acceptors (Lipinski definition) is 5. The number of ether oxygens (including phenoxy) is 1. The van der Waals surface area contributed by atoms with Gasteiger partial charge in [0, 0.05) is 6.07 Å². The molecule has 1 aromatic carbocycles. The fourth-order valence-corrected chi connectivity index (χ4v) is 2.03. The number of benzene rings is 1. The summed E-state index contributed by atoms with van der Waals surface area (Å²) in [5.74, 6) is -0.985. The highest BCUT2D eigenvalue weighted by Crippen LogP contribution is 2.33. The number of para-hydroxylation sites is 2. The van der Waals surface area contributed by atoms with Crippen LogP contribution in [0.15, 0.2) is 24.3 Å². The minimum absolute atomic E-state index is 0.0814. The molecule has 1 aromatic rings. The molecule has 2 N–H and O–H groups in total. The lowest BCUT2D eigenvalue weighted by Crippen LogP contribution is -2.43. The quantitative estimate of drug-likeness (QED) is 0.632. The molecule has 1 fully saturated rings. The van der Waals surface area contributed by atoms with Crippen LogP contribution in [0, 0.1) is 15.5 Å². The Morgan fingerprint density at radius 2 is 2.26 bits per heavy atom. The molecule has 2 rings (SSSR count). The van der Waals surface area contributed by atoms with Crippen molar-refractivity contribution in [3.63, 3.8) is 0 Å². The lowest BCUT2D eigenvalue weighted by molar-refractivity contribution is -0.384. The molecule has 102 valence electrons. The van der Waals surface area contributed by atoms with Crippen molar-refractivity contribution < 1.29 is 19.6 Å². The smallest absolute Gasteiger partial charge is 0.313 e. The molecular formula is C12H14N2O5. The molecule has 0 spiro atoms. The van der Waals surface area contributed by atoms with Crippen LogP contribution in [0.25, 0.3) is 0 Å². The first-order valence-electron chi connectivity index (χ1n) is 5.76. The van der Waals surface area contributed by atoms with Crippen LogP contribution < -0.4 is 5.32 Å². The van der Waals surface area contributed by atoms with Crippen LogP contribution in [0.3, 0.4) is 0 Å². The van der Waals surface area contributed by atoms with E-state index in [-0.39, 0.29) is 18.9 Å². The first-order valence-corrected chi connectivity index (χ1v) is 5.76. The van der Waals surface area contributed by atoms with Gasteiger partial charge in [-0.2, -0.15) is 0 Å². The summed E-state index contributed by atoms with van der Waals surface area (Å²) in [7, 11) is 0. The minimum atomic E-state index is -1.09. The Bertz CT molecular complexity index is 519. The summed E-state index contributed by atoms with van der Waals surface area (Å²) in [5.41, 5.74) is -0.874. The Hall–Kier alpha value is -2.15. The van der Waals surface area contributed by atoms with Gasteiger partial charge in [-0.25, -0.2) is 0 Å². The van der Waals surface area contributed by atoms with E-state index in [1.165, 1.54) is 6.07 Å². The molecule has 2 atom stereocenters. The number of anilines is 1. The van der Waals surface area contributed by atoms with Crippen LogP contribution in [0.5, 0.6) is 0 Å². The lowest BCUT2D eigenvalue weighted by atomic mass is 9.85. The molecule has 7 heteroatoms. The van der Waals surface area contributed by atoms with Crippen LogP contribution in [0.2, 0.25) is 0 Å². The van der Waals surface area contributed by atoms with Crippen molar-refractivity contribution in [3.8, 4) is 0 Å². The Labute approximate surface area is 109 Å². The standard InChI is InChI=1S/C12H14N2O5/c1-12(11(15)16)7-19-6-10(12)13-8-4-2-3-5-9(8)14(17)18/h2-5,10,13H,6-7H2,1H3,(H,15,16). The van der Waals surface area contributed by atoms with Crippen LogP contribution in [0.1, 0.15) is 6.92 Å². The second-order valence-corrected chi connectivity index (χ2v) is 4.71. The fourth-order valence-electron chi connectivity index (χ4n) is 2.03. The van der Waals surface area contributed by atoms with E-state index >= 15 is 0 Å². The molecule has 2 unspecified atom stereocenters. The van der Waals surface area contributed by atoms with Crippen molar-refractivity contribution in [2.75, 3.05) is 18.5 Å². The maximum atomic E-state index is 11.3. The molecule has 1 saturated heterocycles. The number of nitrogens with zero attached hydrogens (tertiary/aromatic N) is 1. The first kappa shape index (κ1) is 13.3. The highest BCUT2D eigenvalue weighted by Gasteiger charge is 2.47. The number of nitro groups is 1. The summed E-state index contributed by atoms with van der Waals surface area (Å²) < 4.78 is 5.19. The molecule has 1 aliphatic heterocycles. The van der Waals surface area contributed by atoms with Gasteiger partial charge < -0.3 is 15.2 Å². The van der Waals surface area contributed by atoms with E-state index in [9.17, 15) is 20.0 Å². The van der Waals surface area contributed by atoms with Gasteiger partial charge in [-0.3, -0.25) is 14.9 Å². The third kappa shape index (κ3) is 2.37. The average Bonchev–Trinajstić information content (AvgIpc) is 2.73. The molecule has 0 aromatic heterocycles. The topological polar surface area (TPSA) is 102 Å². The highest BCUT2D eigenvalue weighted by molar-refractivity contribution is 5.77. The summed E-state index contributed by atoms with van der Waals surface area (Å²) in [5, 5.41) is 23.1. The van der Waals surface area contributed by atoms with Gasteiger partial charge in [-0.1, -0.05) is 12.1 Å². The van der Waals surface area contributed by atoms with Crippen molar-refractivity contribution in [2.45, 2.75) is 13.0 Å². The van der Waals surface area contributed by atoms with Gasteiger partial charge in [-0.05, 0) is 13.0 Å². The molecule has 0 aliphatic carbocycles. The predicted molar refractivity (Wildman–Crippen MR) is 67.1 cm³/mol. The van der Waals surface area contributed by atoms with Crippen molar-refractivity contribution in [2.24, 2.45) is 5.41 Å². The van der Waals surface area contributed by atoms with Gasteiger partial charge >= 0.3 is 5.97 Å². The SMILES string of the molecule is CC1(C(=O)O)COCC1Nc1ccccc1[N+](=O)[O-]. The van der Waals surface area contributed by atoms with E-state index in [4.69, 9.17) is 4.74 Å². The molecule has 7 nitrogen and oxygen atoms in total. The maximum Gasteiger partial charge on any atom is 0.313 e. The van der Waals surface area contributed by atoms with Gasteiger partial charge in [0.15, 0.2) is 0 Å². The van der Waals surface area contributed by atoms with Crippen LogP contribution in [0.4, 0.5) is 11.4 Å². The average molecular weight is 266 g/mol. The third-order valence-electron chi connectivity index (χ3n) is 3.37. The predicted octanol–water partition coefficient (Wildman–Crippen LogP) is 1.50. The van der Waals surface area contributed by atoms with Crippen LogP contribution in [-0.2, 0) is 9.53 Å². The molecule has 0 amide bonds. The van der Waals surface area contributed by atoms with E-state index in [1.807, 2.05) is 0 Å². The molecule has 1 heterocycles. The van der Waals surface area contributed by atoms with E-state index in [0.717, 1.165) is 0 Å². The Morgan fingerprint density at radius 3 is 2.89 bits per heavy atom. The Morgan fingerprint density at radius 1 is 1.58 bits per heavy atom. The second kappa shape index (κ2) is 4.85. The number of carboxylic acid groups (broad SMARTS) is 1. The normalized spacial score (nSPS) is 26.1. The van der Waals surface area contributed by atoms with E-state index < -0.39 is 22.3 Å². The van der Waals surface area contributed by atoms with Gasteiger partial charge in [-0.15, -0.1) is 0 Å². The number of aliphatic carboxylic acids is 1. The largest absolute Gasteiger partial charge is 0.481 e. The molecule has 1 aliphatic rings. The van der Waals surface area contributed by atoms with E-state index in [2.05, 4.69) is 5.32 Å². The van der Waals surface area contributed by atoms with E-state index in [0.29, 0.717) is 5.69 Å². The molecule has 19 heavy (non-hydrogen) atoms. The summed E-state index contributed by atoms with van der Waals surface area (Å²) in [6.07, 6.45) is 0. The van der Waals surface area contributed by atoms with Crippen molar-refractivity contribution in [3.05, 3.63) is 34.4 Å². The lowest BCUT2D eigenvalue weighted by Gasteiger charge is -2.26. The maximum absolute atomic E-state index is 11.3. The number of carbonyl (C=O) groups is 1. The Balaban J connectivity index is 2.27. The molecule has 0 bridgehead atoms. The highest BCUT2D eigenvalue weighted by atomic mass is 16.6. The van der Waals surface area contributed by atoms with Gasteiger partial charge in [0.1, 0.15) is 11.1 Å². The summed E-state index contributed by atoms with van der Waals surface area (Å²) in [4.78, 5) is 21.7. The number of nitro benzene ring substituents is 1. The summed E-state index contributed by atoms with van der Waals surface area (Å²) in [6.45, 7) is 1.85. The van der Waals surface area contributed by atoms with Gasteiger partial charge in [0.2, 0.25) is 0 Å². The van der Waals surface area contributed by atoms with Crippen molar-refractivity contribution in [1.29, 1.82) is 0 Å². The van der Waals surface area contributed by atoms with Crippen molar-refractivity contribution in [1.82, 2.24) is 0 Å². The zero-order chi connectivity index (χ0) is 14.0. The summed E-state index contributed by atoms with van der Waals surface area (Å²) in [6, 6.07) is 5.63. The monoisotopic (exact) mass is 266 g/mol. The molecule has 0 radical (unpaired) electrons. The number of hydrogen-bond donors (Lipinski definition) is 2. The minimum Gasteiger partial charge on any atom is -0.481 e. The number of rotatable bonds is 4.